The van der Waals surface area contributed by atoms with E-state index in [1.54, 1.807) is 24.1 Å². The maximum absolute atomic E-state index is 13.3. The van der Waals surface area contributed by atoms with Crippen molar-refractivity contribution in [3.05, 3.63) is 65.2 Å². The van der Waals surface area contributed by atoms with E-state index in [1.165, 1.54) is 0 Å². The van der Waals surface area contributed by atoms with Crippen LogP contribution in [0.25, 0.3) is 0 Å². The van der Waals surface area contributed by atoms with Crippen LogP contribution in [0, 0.1) is 6.92 Å². The standard InChI is InChI=1S/C26H34N2O5/c1-4-5-8-15-33-26(22-10-7-6-9-19(22)2)17-28(18-26)24(29)23(27-25(30)31)16-20-11-13-21(32-3)14-12-20/h6-7,9-14,23,27H,4-5,8,15-18H2,1-3H3,(H,30,31)/t23-/m1/s1. The van der Waals surface area contributed by atoms with Crippen molar-refractivity contribution in [2.24, 2.45) is 0 Å². The third kappa shape index (κ3) is 6.05. The number of hydrogen-bond donors (Lipinski definition) is 2. The number of rotatable bonds is 11. The number of ether oxygens (including phenoxy) is 2. The van der Waals surface area contributed by atoms with E-state index >= 15 is 0 Å². The van der Waals surface area contributed by atoms with Crippen molar-refractivity contribution in [1.82, 2.24) is 10.2 Å². The lowest BCUT2D eigenvalue weighted by Gasteiger charge is -2.51. The number of methoxy groups -OCH3 is 1. The summed E-state index contributed by atoms with van der Waals surface area (Å²) in [6.07, 6.45) is 2.22. The summed E-state index contributed by atoms with van der Waals surface area (Å²) in [4.78, 5) is 26.4. The molecule has 1 fully saturated rings. The van der Waals surface area contributed by atoms with Gasteiger partial charge in [-0.05, 0) is 42.2 Å². The van der Waals surface area contributed by atoms with E-state index in [2.05, 4.69) is 31.3 Å². The van der Waals surface area contributed by atoms with Crippen molar-refractivity contribution in [1.29, 1.82) is 0 Å². The summed E-state index contributed by atoms with van der Waals surface area (Å²) >= 11 is 0. The number of amides is 2. The van der Waals surface area contributed by atoms with Crippen LogP contribution in [0.3, 0.4) is 0 Å². The molecule has 178 valence electrons. The van der Waals surface area contributed by atoms with Crippen molar-refractivity contribution < 1.29 is 24.2 Å². The van der Waals surface area contributed by atoms with Crippen molar-refractivity contribution in [3.8, 4) is 5.75 Å². The van der Waals surface area contributed by atoms with E-state index < -0.39 is 17.7 Å². The molecule has 2 aromatic rings. The fourth-order valence-corrected chi connectivity index (χ4v) is 4.34. The first-order valence-electron chi connectivity index (χ1n) is 11.5. The molecule has 0 saturated carbocycles. The lowest BCUT2D eigenvalue weighted by Crippen LogP contribution is -2.66. The third-order valence-corrected chi connectivity index (χ3v) is 6.16. The minimum absolute atomic E-state index is 0.241. The van der Waals surface area contributed by atoms with Gasteiger partial charge in [0.2, 0.25) is 5.91 Å². The second-order valence-corrected chi connectivity index (χ2v) is 8.61. The Bertz CT molecular complexity index is 938. The van der Waals surface area contributed by atoms with Gasteiger partial charge in [-0.2, -0.15) is 0 Å². The molecule has 2 aromatic carbocycles. The van der Waals surface area contributed by atoms with Crippen molar-refractivity contribution >= 4 is 12.0 Å². The zero-order valence-electron chi connectivity index (χ0n) is 19.7. The summed E-state index contributed by atoms with van der Waals surface area (Å²) in [6, 6.07) is 14.5. The van der Waals surface area contributed by atoms with Crippen LogP contribution < -0.4 is 10.1 Å². The Morgan fingerprint density at radius 1 is 1.12 bits per heavy atom. The largest absolute Gasteiger partial charge is 0.497 e. The van der Waals surface area contributed by atoms with E-state index in [9.17, 15) is 14.7 Å². The Hall–Kier alpha value is -3.06. The van der Waals surface area contributed by atoms with E-state index in [0.29, 0.717) is 25.4 Å². The minimum atomic E-state index is -1.22. The number of carbonyl (C=O) groups is 2. The molecular formula is C26H34N2O5. The molecule has 1 atom stereocenters. The average molecular weight is 455 g/mol. The topological polar surface area (TPSA) is 88.1 Å². The summed E-state index contributed by atoms with van der Waals surface area (Å²) in [7, 11) is 1.59. The quantitative estimate of drug-likeness (QED) is 0.499. The molecule has 2 N–H and O–H groups in total. The van der Waals surface area contributed by atoms with Gasteiger partial charge in [0.25, 0.3) is 0 Å². The summed E-state index contributed by atoms with van der Waals surface area (Å²) in [5, 5.41) is 11.7. The highest BCUT2D eigenvalue weighted by Gasteiger charge is 2.49. The van der Waals surface area contributed by atoms with Gasteiger partial charge in [0.05, 0.1) is 20.2 Å². The fourth-order valence-electron chi connectivity index (χ4n) is 4.34. The highest BCUT2D eigenvalue weighted by atomic mass is 16.5. The second kappa shape index (κ2) is 11.2. The Labute approximate surface area is 195 Å². The zero-order valence-corrected chi connectivity index (χ0v) is 19.7. The molecule has 0 aliphatic carbocycles. The maximum Gasteiger partial charge on any atom is 0.405 e. The molecule has 0 bridgehead atoms. The van der Waals surface area contributed by atoms with Gasteiger partial charge in [0.1, 0.15) is 17.4 Å². The van der Waals surface area contributed by atoms with Crippen LogP contribution in [0.2, 0.25) is 0 Å². The molecule has 2 amide bonds. The molecule has 0 radical (unpaired) electrons. The molecule has 7 heteroatoms. The van der Waals surface area contributed by atoms with Crippen LogP contribution in [0.15, 0.2) is 48.5 Å². The first-order chi connectivity index (χ1) is 15.9. The number of benzene rings is 2. The molecule has 1 aliphatic heterocycles. The summed E-state index contributed by atoms with van der Waals surface area (Å²) in [5.74, 6) is 0.466. The van der Waals surface area contributed by atoms with E-state index in [-0.39, 0.29) is 12.3 Å². The van der Waals surface area contributed by atoms with E-state index in [1.807, 2.05) is 24.3 Å². The maximum atomic E-state index is 13.3. The van der Waals surface area contributed by atoms with Crippen LogP contribution in [0.5, 0.6) is 5.75 Å². The Morgan fingerprint density at radius 2 is 1.82 bits per heavy atom. The van der Waals surface area contributed by atoms with Crippen molar-refractivity contribution in [2.75, 3.05) is 26.8 Å². The SMILES string of the molecule is CCCCCOC1(c2ccccc2C)CN(C(=O)[C@@H](Cc2ccc(OC)cc2)NC(=O)O)C1. The molecule has 3 rings (SSSR count). The van der Waals surface area contributed by atoms with Crippen LogP contribution in [-0.4, -0.2) is 54.9 Å². The van der Waals surface area contributed by atoms with Crippen molar-refractivity contribution in [3.63, 3.8) is 0 Å². The van der Waals surface area contributed by atoms with Gasteiger partial charge in [0.15, 0.2) is 0 Å². The number of carbonyl (C=O) groups excluding carboxylic acids is 1. The van der Waals surface area contributed by atoms with E-state index in [4.69, 9.17) is 9.47 Å². The lowest BCUT2D eigenvalue weighted by molar-refractivity contribution is -0.175. The normalized spacial score (nSPS) is 15.4. The first-order valence-corrected chi connectivity index (χ1v) is 11.5. The highest BCUT2D eigenvalue weighted by Crippen LogP contribution is 2.38. The number of aryl methyl sites for hydroxylation is 1. The number of likely N-dealkylation sites (tertiary alicyclic amines) is 1. The van der Waals surface area contributed by atoms with Gasteiger partial charge in [-0.3, -0.25) is 4.79 Å². The fraction of sp³-hybridized carbons (Fsp3) is 0.462. The van der Waals surface area contributed by atoms with Gasteiger partial charge in [0, 0.05) is 13.0 Å². The predicted molar refractivity (Wildman–Crippen MR) is 127 cm³/mol. The third-order valence-electron chi connectivity index (χ3n) is 6.16. The molecular weight excluding hydrogens is 420 g/mol. The van der Waals surface area contributed by atoms with Crippen molar-refractivity contribution in [2.45, 2.75) is 51.2 Å². The minimum Gasteiger partial charge on any atom is -0.497 e. The van der Waals surface area contributed by atoms with Gasteiger partial charge in [-0.1, -0.05) is 56.2 Å². The summed E-state index contributed by atoms with van der Waals surface area (Å²) in [5.41, 5.74) is 2.51. The predicted octanol–water partition coefficient (Wildman–Crippen LogP) is 4.13. The number of unbranched alkanes of at least 4 members (excludes halogenated alkanes) is 2. The van der Waals surface area contributed by atoms with Gasteiger partial charge < -0.3 is 24.8 Å². The van der Waals surface area contributed by atoms with Gasteiger partial charge >= 0.3 is 6.09 Å². The molecule has 33 heavy (non-hydrogen) atoms. The Kier molecular flexibility index (Phi) is 8.33. The zero-order chi connectivity index (χ0) is 23.8. The highest BCUT2D eigenvalue weighted by molar-refractivity contribution is 5.86. The number of hydrogen-bond acceptors (Lipinski definition) is 4. The molecule has 0 unspecified atom stereocenters. The molecule has 1 saturated heterocycles. The summed E-state index contributed by atoms with van der Waals surface area (Å²) < 4.78 is 11.5. The average Bonchev–Trinajstić information content (AvgIpc) is 2.78. The molecule has 0 spiro atoms. The number of nitrogens with one attached hydrogen (secondary N) is 1. The number of carboxylic acid groups (broad SMARTS) is 1. The Morgan fingerprint density at radius 3 is 2.42 bits per heavy atom. The smallest absolute Gasteiger partial charge is 0.405 e. The van der Waals surface area contributed by atoms with Crippen LogP contribution >= 0.6 is 0 Å². The van der Waals surface area contributed by atoms with Gasteiger partial charge in [-0.25, -0.2) is 4.79 Å². The molecule has 0 aromatic heterocycles. The molecule has 1 heterocycles. The molecule has 1 aliphatic rings. The molecule has 7 nitrogen and oxygen atoms in total. The lowest BCUT2D eigenvalue weighted by atomic mass is 9.82. The van der Waals surface area contributed by atoms with E-state index in [0.717, 1.165) is 36.0 Å². The monoisotopic (exact) mass is 454 g/mol. The van der Waals surface area contributed by atoms with Crippen LogP contribution in [-0.2, 0) is 21.6 Å². The first kappa shape index (κ1) is 24.6. The number of nitrogens with zero attached hydrogens (tertiary/aromatic N) is 1. The van der Waals surface area contributed by atoms with Gasteiger partial charge in [-0.15, -0.1) is 0 Å². The van der Waals surface area contributed by atoms with Crippen LogP contribution in [0.4, 0.5) is 4.79 Å². The Balaban J connectivity index is 1.74. The van der Waals surface area contributed by atoms with Crippen LogP contribution in [0.1, 0.15) is 42.9 Å². The second-order valence-electron chi connectivity index (χ2n) is 8.61. The summed E-state index contributed by atoms with van der Waals surface area (Å²) in [6.45, 7) is 5.65.